The number of alkyl halides is 3. The molecule has 1 fully saturated rings. The molecule has 1 aromatic rings. The first-order valence-corrected chi connectivity index (χ1v) is 6.72. The molecule has 19 heavy (non-hydrogen) atoms. The summed E-state index contributed by atoms with van der Waals surface area (Å²) in [4.78, 5) is 5.88. The molecule has 106 valence electrons. The van der Waals surface area contributed by atoms with Crippen molar-refractivity contribution in [2.45, 2.75) is 45.2 Å². The maximum absolute atomic E-state index is 12.8. The molecule has 0 radical (unpaired) electrons. The van der Waals surface area contributed by atoms with Gasteiger partial charge in [-0.15, -0.1) is 0 Å². The van der Waals surface area contributed by atoms with Gasteiger partial charge in [-0.2, -0.15) is 13.2 Å². The molecule has 0 aromatic carbocycles. The fourth-order valence-electron chi connectivity index (χ4n) is 2.43. The average molecular weight is 272 g/mol. The highest BCUT2D eigenvalue weighted by Gasteiger charge is 2.34. The minimum atomic E-state index is -4.37. The number of pyridine rings is 1. The van der Waals surface area contributed by atoms with Gasteiger partial charge in [0, 0.05) is 13.1 Å². The molecule has 0 bridgehead atoms. The Kier molecular flexibility index (Phi) is 4.02. The Hall–Kier alpha value is -1.26. The Morgan fingerprint density at radius 3 is 2.26 bits per heavy atom. The minimum Gasteiger partial charge on any atom is -0.356 e. The van der Waals surface area contributed by atoms with Crippen LogP contribution in [0.25, 0.3) is 0 Å². The third-order valence-corrected chi connectivity index (χ3v) is 3.47. The topological polar surface area (TPSA) is 16.1 Å². The number of hydrogen-bond acceptors (Lipinski definition) is 2. The van der Waals surface area contributed by atoms with Gasteiger partial charge in [0.2, 0.25) is 0 Å². The summed E-state index contributed by atoms with van der Waals surface area (Å²) in [6.45, 7) is 5.57. The van der Waals surface area contributed by atoms with Crippen LogP contribution in [0, 0.1) is 0 Å². The Morgan fingerprint density at radius 2 is 1.74 bits per heavy atom. The Balaban J connectivity index is 2.41. The van der Waals surface area contributed by atoms with E-state index in [-0.39, 0.29) is 5.92 Å². The predicted molar refractivity (Wildman–Crippen MR) is 69.4 cm³/mol. The van der Waals surface area contributed by atoms with Crippen molar-refractivity contribution in [2.75, 3.05) is 18.0 Å². The molecule has 0 atom stereocenters. The lowest BCUT2D eigenvalue weighted by molar-refractivity contribution is -0.141. The van der Waals surface area contributed by atoms with Crippen LogP contribution in [-0.4, -0.2) is 18.1 Å². The summed E-state index contributed by atoms with van der Waals surface area (Å²) in [5, 5.41) is 0. The van der Waals surface area contributed by atoms with E-state index in [1.54, 1.807) is 6.07 Å². The summed E-state index contributed by atoms with van der Waals surface area (Å²) >= 11 is 0. The van der Waals surface area contributed by atoms with Crippen LogP contribution in [0.2, 0.25) is 0 Å². The molecular formula is C14H19F3N2. The summed E-state index contributed by atoms with van der Waals surface area (Å²) in [5.41, 5.74) is 0.104. The normalized spacial score (nSPS) is 17.1. The van der Waals surface area contributed by atoms with E-state index in [2.05, 4.69) is 4.98 Å². The second-order valence-corrected chi connectivity index (χ2v) is 5.31. The smallest absolute Gasteiger partial charge is 0.356 e. The van der Waals surface area contributed by atoms with Crippen LogP contribution in [0.15, 0.2) is 12.1 Å². The fraction of sp³-hybridized carbons (Fsp3) is 0.643. The molecule has 0 spiro atoms. The van der Waals surface area contributed by atoms with E-state index in [9.17, 15) is 13.2 Å². The van der Waals surface area contributed by atoms with E-state index in [1.807, 2.05) is 18.7 Å². The lowest BCUT2D eigenvalue weighted by Gasteiger charge is -2.30. The number of aromatic nitrogens is 1. The van der Waals surface area contributed by atoms with E-state index in [1.165, 1.54) is 0 Å². The van der Waals surface area contributed by atoms with Gasteiger partial charge >= 0.3 is 6.18 Å². The van der Waals surface area contributed by atoms with Crippen molar-refractivity contribution in [3.05, 3.63) is 23.4 Å². The molecule has 2 rings (SSSR count). The first kappa shape index (κ1) is 14.2. The summed E-state index contributed by atoms with van der Waals surface area (Å²) in [7, 11) is 0. The van der Waals surface area contributed by atoms with Gasteiger partial charge in [0.25, 0.3) is 0 Å². The highest BCUT2D eigenvalue weighted by atomic mass is 19.4. The van der Waals surface area contributed by atoms with Crippen molar-refractivity contribution in [3.8, 4) is 0 Å². The zero-order valence-corrected chi connectivity index (χ0v) is 11.3. The fourth-order valence-corrected chi connectivity index (χ4v) is 2.43. The summed E-state index contributed by atoms with van der Waals surface area (Å²) in [5.74, 6) is 0.691. The van der Waals surface area contributed by atoms with Crippen LogP contribution in [0.4, 0.5) is 19.0 Å². The zero-order valence-electron chi connectivity index (χ0n) is 11.3. The monoisotopic (exact) mass is 272 g/mol. The molecular weight excluding hydrogens is 253 g/mol. The minimum absolute atomic E-state index is 0.173. The third-order valence-electron chi connectivity index (χ3n) is 3.47. The molecule has 2 heterocycles. The van der Waals surface area contributed by atoms with Crippen molar-refractivity contribution in [1.82, 2.24) is 4.98 Å². The molecule has 0 amide bonds. The second-order valence-electron chi connectivity index (χ2n) is 5.31. The van der Waals surface area contributed by atoms with Crippen molar-refractivity contribution >= 4 is 5.82 Å². The quantitative estimate of drug-likeness (QED) is 0.801. The molecule has 0 saturated carbocycles. The van der Waals surface area contributed by atoms with E-state index in [0.717, 1.165) is 44.0 Å². The summed E-state index contributed by atoms with van der Waals surface area (Å²) in [6.07, 6.45) is -1.18. The molecule has 1 saturated heterocycles. The zero-order chi connectivity index (χ0) is 14.0. The summed E-state index contributed by atoms with van der Waals surface area (Å²) in [6, 6.07) is 2.66. The standard InChI is InChI=1S/C14H19F3N2/c1-10(2)11-6-7-12(14(15,16)17)18-13(11)19-8-4-3-5-9-19/h6-7,10H,3-5,8-9H2,1-2H3. The average Bonchev–Trinajstić information content (AvgIpc) is 2.38. The molecule has 5 heteroatoms. The number of piperidine rings is 1. The molecule has 0 aliphatic carbocycles. The van der Waals surface area contributed by atoms with Crippen LogP contribution in [0.3, 0.4) is 0 Å². The maximum atomic E-state index is 12.8. The van der Waals surface area contributed by atoms with E-state index in [4.69, 9.17) is 0 Å². The van der Waals surface area contributed by atoms with E-state index < -0.39 is 11.9 Å². The number of rotatable bonds is 2. The van der Waals surface area contributed by atoms with Crippen molar-refractivity contribution in [2.24, 2.45) is 0 Å². The van der Waals surface area contributed by atoms with E-state index >= 15 is 0 Å². The first-order chi connectivity index (χ1) is 8.89. The number of anilines is 1. The third kappa shape index (κ3) is 3.19. The molecule has 1 aliphatic heterocycles. The second kappa shape index (κ2) is 5.39. The van der Waals surface area contributed by atoms with Gasteiger partial charge in [0.05, 0.1) is 0 Å². The molecule has 1 aliphatic rings. The highest BCUT2D eigenvalue weighted by Crippen LogP contribution is 2.33. The van der Waals surface area contributed by atoms with Gasteiger partial charge in [-0.1, -0.05) is 19.9 Å². The molecule has 2 nitrogen and oxygen atoms in total. The maximum Gasteiger partial charge on any atom is 0.433 e. The number of nitrogens with zero attached hydrogens (tertiary/aromatic N) is 2. The van der Waals surface area contributed by atoms with Gasteiger partial charge in [0.1, 0.15) is 11.5 Å². The van der Waals surface area contributed by atoms with Crippen molar-refractivity contribution in [1.29, 1.82) is 0 Å². The molecule has 1 aromatic heterocycles. The van der Waals surface area contributed by atoms with Gasteiger partial charge in [-0.3, -0.25) is 0 Å². The summed E-state index contributed by atoms with van der Waals surface area (Å²) < 4.78 is 38.4. The lowest BCUT2D eigenvalue weighted by atomic mass is 10.0. The van der Waals surface area contributed by atoms with E-state index in [0.29, 0.717) is 5.82 Å². The van der Waals surface area contributed by atoms with Crippen molar-refractivity contribution in [3.63, 3.8) is 0 Å². The van der Waals surface area contributed by atoms with Crippen molar-refractivity contribution < 1.29 is 13.2 Å². The SMILES string of the molecule is CC(C)c1ccc(C(F)(F)F)nc1N1CCCCC1. The number of hydrogen-bond donors (Lipinski definition) is 0. The van der Waals surface area contributed by atoms with Crippen LogP contribution in [0.1, 0.15) is 50.3 Å². The van der Waals surface area contributed by atoms with Crippen LogP contribution >= 0.6 is 0 Å². The van der Waals surface area contributed by atoms with Crippen LogP contribution < -0.4 is 4.90 Å². The number of halogens is 3. The molecule has 0 unspecified atom stereocenters. The van der Waals surface area contributed by atoms with Gasteiger partial charge in [0.15, 0.2) is 0 Å². The molecule has 0 N–H and O–H groups in total. The van der Waals surface area contributed by atoms with Crippen LogP contribution in [0.5, 0.6) is 0 Å². The van der Waals surface area contributed by atoms with Crippen LogP contribution in [-0.2, 0) is 6.18 Å². The largest absolute Gasteiger partial charge is 0.433 e. The highest BCUT2D eigenvalue weighted by molar-refractivity contribution is 5.50. The Bertz CT molecular complexity index is 435. The van der Waals surface area contributed by atoms with Gasteiger partial charge < -0.3 is 4.90 Å². The lowest BCUT2D eigenvalue weighted by Crippen LogP contribution is -2.31. The first-order valence-electron chi connectivity index (χ1n) is 6.72. The van der Waals surface area contributed by atoms with Gasteiger partial charge in [-0.25, -0.2) is 4.98 Å². The predicted octanol–water partition coefficient (Wildman–Crippen LogP) is 4.21. The Morgan fingerprint density at radius 1 is 1.11 bits per heavy atom. The Labute approximate surface area is 111 Å². The van der Waals surface area contributed by atoms with Gasteiger partial charge in [-0.05, 0) is 36.8 Å².